The summed E-state index contributed by atoms with van der Waals surface area (Å²) < 4.78 is 2.35. The summed E-state index contributed by atoms with van der Waals surface area (Å²) in [5.41, 5.74) is 11.0. The van der Waals surface area contributed by atoms with Gasteiger partial charge in [0, 0.05) is 28.2 Å². The quantitative estimate of drug-likeness (QED) is 0.104. The van der Waals surface area contributed by atoms with Crippen LogP contribution >= 0.6 is 0 Å². The van der Waals surface area contributed by atoms with Crippen LogP contribution in [0.25, 0.3) is 109 Å². The molecule has 3 heteroatoms. The van der Waals surface area contributed by atoms with Gasteiger partial charge in [-0.3, -0.25) is 4.98 Å². The van der Waals surface area contributed by atoms with E-state index in [2.05, 4.69) is 167 Å². The summed E-state index contributed by atoms with van der Waals surface area (Å²) in [5, 5.41) is 11.8. The number of nitrogens with zero attached hydrogens (tertiary/aromatic N) is 3. The average molecular weight is 672 g/mol. The van der Waals surface area contributed by atoms with E-state index in [4.69, 9.17) is 11.6 Å². The SMILES string of the molecule is [C-]#[N+]c1ccc2c3c1ccc1c(-c4c5ccccc5c(-c5ccc(-c6ccccn6)c6ccccc56)c5ccccc45)ccc(c13)n2-c1ccccc1. The molecule has 0 aliphatic carbocycles. The molecule has 0 radical (unpaired) electrons. The van der Waals surface area contributed by atoms with Gasteiger partial charge in [0.05, 0.1) is 23.3 Å². The molecule has 0 bridgehead atoms. The molecule has 9 aromatic carbocycles. The van der Waals surface area contributed by atoms with Crippen molar-refractivity contribution < 1.29 is 0 Å². The van der Waals surface area contributed by atoms with E-state index in [-0.39, 0.29) is 0 Å². The number of aromatic nitrogens is 2. The molecule has 3 nitrogen and oxygen atoms in total. The van der Waals surface area contributed by atoms with Crippen LogP contribution < -0.4 is 0 Å². The maximum Gasteiger partial charge on any atom is 0.195 e. The van der Waals surface area contributed by atoms with Crippen molar-refractivity contribution in [3.05, 3.63) is 187 Å². The van der Waals surface area contributed by atoms with Gasteiger partial charge in [-0.15, -0.1) is 0 Å². The zero-order valence-corrected chi connectivity index (χ0v) is 28.6. The van der Waals surface area contributed by atoms with Gasteiger partial charge in [0.1, 0.15) is 0 Å². The molecule has 2 aromatic heterocycles. The second kappa shape index (κ2) is 11.4. The molecule has 0 spiro atoms. The van der Waals surface area contributed by atoms with Gasteiger partial charge in [-0.05, 0) is 102 Å². The summed E-state index contributed by atoms with van der Waals surface area (Å²) >= 11 is 0. The lowest BCUT2D eigenvalue weighted by molar-refractivity contribution is 1.18. The molecular formula is C50H29N3. The van der Waals surface area contributed by atoms with Crippen LogP contribution in [-0.4, -0.2) is 9.55 Å². The van der Waals surface area contributed by atoms with Crippen LogP contribution in [0.2, 0.25) is 0 Å². The number of rotatable bonds is 4. The van der Waals surface area contributed by atoms with Crippen LogP contribution in [0.1, 0.15) is 0 Å². The van der Waals surface area contributed by atoms with Crippen LogP contribution in [0.5, 0.6) is 0 Å². The van der Waals surface area contributed by atoms with E-state index in [1.165, 1.54) is 65.3 Å². The Hall–Kier alpha value is -7.28. The Kier molecular flexibility index (Phi) is 6.32. The highest BCUT2D eigenvalue weighted by molar-refractivity contribution is 6.31. The van der Waals surface area contributed by atoms with E-state index in [1.807, 2.05) is 18.3 Å². The first kappa shape index (κ1) is 29.5. The molecule has 0 fully saturated rings. The van der Waals surface area contributed by atoms with Crippen molar-refractivity contribution in [2.45, 2.75) is 0 Å². The summed E-state index contributed by atoms with van der Waals surface area (Å²) in [6.45, 7) is 8.00. The highest BCUT2D eigenvalue weighted by atomic mass is 15.0. The molecule has 0 aliphatic rings. The van der Waals surface area contributed by atoms with Gasteiger partial charge in [-0.25, -0.2) is 4.85 Å². The predicted octanol–water partition coefficient (Wildman–Crippen LogP) is 13.8. The first-order valence-electron chi connectivity index (χ1n) is 17.9. The van der Waals surface area contributed by atoms with Gasteiger partial charge in [-0.2, -0.15) is 0 Å². The van der Waals surface area contributed by atoms with Gasteiger partial charge >= 0.3 is 0 Å². The minimum Gasteiger partial charge on any atom is -0.309 e. The van der Waals surface area contributed by atoms with Crippen molar-refractivity contribution in [1.29, 1.82) is 0 Å². The monoisotopic (exact) mass is 671 g/mol. The summed E-state index contributed by atoms with van der Waals surface area (Å²) in [6, 6.07) is 60.7. The maximum atomic E-state index is 8.00. The predicted molar refractivity (Wildman–Crippen MR) is 222 cm³/mol. The fourth-order valence-electron chi connectivity index (χ4n) is 8.88. The molecule has 11 rings (SSSR count). The van der Waals surface area contributed by atoms with Gasteiger partial charge in [0.2, 0.25) is 0 Å². The summed E-state index contributed by atoms with van der Waals surface area (Å²) in [7, 11) is 0. The van der Waals surface area contributed by atoms with E-state index >= 15 is 0 Å². The Bertz CT molecular complexity index is 3220. The minimum atomic E-state index is 0.679. The molecule has 0 atom stereocenters. The lowest BCUT2D eigenvalue weighted by Gasteiger charge is -2.20. The summed E-state index contributed by atoms with van der Waals surface area (Å²) in [4.78, 5) is 8.65. The highest BCUT2D eigenvalue weighted by Gasteiger charge is 2.24. The van der Waals surface area contributed by atoms with E-state index in [1.54, 1.807) is 0 Å². The van der Waals surface area contributed by atoms with Crippen LogP contribution in [0.15, 0.2) is 176 Å². The average Bonchev–Trinajstić information content (AvgIpc) is 3.57. The Morgan fingerprint density at radius 1 is 0.396 bits per heavy atom. The van der Waals surface area contributed by atoms with E-state index in [0.29, 0.717) is 5.69 Å². The molecule has 0 aliphatic heterocycles. The standard InChI is InChI=1S/C50H29N3/c1-51-43-27-29-46-50-42(43)25-24-41-40(26-28-45(49(41)50)53(46)31-13-3-2-4-14-31)48-37-19-9-7-17-35(37)47(36-18-8-10-20-38(36)48)39-23-22-34(44-21-11-12-30-52-44)32-15-5-6-16-33(32)39/h2-30H. The molecule has 0 unspecified atom stereocenters. The Morgan fingerprint density at radius 2 is 0.887 bits per heavy atom. The lowest BCUT2D eigenvalue weighted by atomic mass is 9.83. The van der Waals surface area contributed by atoms with E-state index in [9.17, 15) is 0 Å². The third-order valence-electron chi connectivity index (χ3n) is 11.0. The number of hydrogen-bond acceptors (Lipinski definition) is 1. The third-order valence-corrected chi connectivity index (χ3v) is 11.0. The highest BCUT2D eigenvalue weighted by Crippen LogP contribution is 2.50. The van der Waals surface area contributed by atoms with Gasteiger partial charge in [0.25, 0.3) is 0 Å². The number of benzene rings is 9. The van der Waals surface area contributed by atoms with Gasteiger partial charge in [0.15, 0.2) is 5.69 Å². The Morgan fingerprint density at radius 3 is 1.51 bits per heavy atom. The second-order valence-corrected chi connectivity index (χ2v) is 13.7. The Labute approximate surface area is 305 Å². The zero-order valence-electron chi connectivity index (χ0n) is 28.6. The molecule has 53 heavy (non-hydrogen) atoms. The number of hydrogen-bond donors (Lipinski definition) is 0. The van der Waals surface area contributed by atoms with Crippen molar-refractivity contribution >= 4 is 70.6 Å². The normalized spacial score (nSPS) is 11.8. The van der Waals surface area contributed by atoms with Crippen molar-refractivity contribution in [3.8, 4) is 39.2 Å². The zero-order chi connectivity index (χ0) is 35.0. The lowest BCUT2D eigenvalue weighted by Crippen LogP contribution is -1.94. The molecule has 2 heterocycles. The van der Waals surface area contributed by atoms with E-state index in [0.717, 1.165) is 38.8 Å². The largest absolute Gasteiger partial charge is 0.309 e. The topological polar surface area (TPSA) is 22.2 Å². The van der Waals surface area contributed by atoms with Crippen LogP contribution in [0, 0.1) is 6.57 Å². The van der Waals surface area contributed by atoms with Crippen LogP contribution in [0.4, 0.5) is 5.69 Å². The van der Waals surface area contributed by atoms with Gasteiger partial charge in [-0.1, -0.05) is 133 Å². The fraction of sp³-hybridized carbons (Fsp3) is 0. The minimum absolute atomic E-state index is 0.679. The second-order valence-electron chi connectivity index (χ2n) is 13.7. The molecule has 11 aromatic rings. The van der Waals surface area contributed by atoms with Gasteiger partial charge < -0.3 is 4.57 Å². The Balaban J connectivity index is 1.25. The molecule has 0 saturated carbocycles. The first-order valence-corrected chi connectivity index (χ1v) is 17.9. The van der Waals surface area contributed by atoms with Crippen LogP contribution in [-0.2, 0) is 0 Å². The van der Waals surface area contributed by atoms with Crippen molar-refractivity contribution in [3.63, 3.8) is 0 Å². The number of fused-ring (bicyclic) bond motifs is 3. The fourth-order valence-corrected chi connectivity index (χ4v) is 8.88. The number of pyridine rings is 1. The van der Waals surface area contributed by atoms with E-state index < -0.39 is 0 Å². The molecular weight excluding hydrogens is 643 g/mol. The summed E-state index contributed by atoms with van der Waals surface area (Å²) in [6.07, 6.45) is 1.86. The molecule has 0 N–H and O–H groups in total. The van der Waals surface area contributed by atoms with Crippen molar-refractivity contribution in [2.24, 2.45) is 0 Å². The number of para-hydroxylation sites is 1. The molecule has 244 valence electrons. The summed E-state index contributed by atoms with van der Waals surface area (Å²) in [5.74, 6) is 0. The smallest absolute Gasteiger partial charge is 0.195 e. The third kappa shape index (κ3) is 4.18. The first-order chi connectivity index (χ1) is 26.3. The molecule has 0 saturated heterocycles. The van der Waals surface area contributed by atoms with Crippen LogP contribution in [0.3, 0.4) is 0 Å². The molecule has 0 amide bonds. The maximum absolute atomic E-state index is 8.00. The van der Waals surface area contributed by atoms with Crippen molar-refractivity contribution in [1.82, 2.24) is 9.55 Å². The van der Waals surface area contributed by atoms with Crippen molar-refractivity contribution in [2.75, 3.05) is 0 Å².